The maximum atomic E-state index is 11.9. The summed E-state index contributed by atoms with van der Waals surface area (Å²) in [5.74, 6) is -1.31. The number of halogens is 3. The highest BCUT2D eigenvalue weighted by atomic mass is 32.2. The molecule has 0 spiro atoms. The second-order valence-corrected chi connectivity index (χ2v) is 4.53. The Morgan fingerprint density at radius 1 is 1.47 bits per heavy atom. The van der Waals surface area contributed by atoms with E-state index < -0.39 is 11.5 Å². The summed E-state index contributed by atoms with van der Waals surface area (Å²) >= 11 is -0.148. The average Bonchev–Trinajstić information content (AvgIpc) is 2.39. The molecule has 1 N–H and O–H groups in total. The zero-order chi connectivity index (χ0) is 13.2. The Morgan fingerprint density at radius 3 is 2.47 bits per heavy atom. The Labute approximate surface area is 99.8 Å². The van der Waals surface area contributed by atoms with E-state index in [2.05, 4.69) is 5.10 Å². The van der Waals surface area contributed by atoms with Crippen molar-refractivity contribution in [2.75, 3.05) is 5.75 Å². The molecule has 0 saturated carbocycles. The normalized spacial score (nSPS) is 11.8. The lowest BCUT2D eigenvalue weighted by Crippen LogP contribution is -2.10. The standard InChI is InChI=1S/C9H11F3N2O2S/c1-5-7(8(15)16)6(2)14(13-5)3-4-17-9(10,11)12/h3-4H2,1-2H3,(H,15,16). The second-order valence-electron chi connectivity index (χ2n) is 3.37. The molecule has 96 valence electrons. The number of carbonyl (C=O) groups is 1. The van der Waals surface area contributed by atoms with Gasteiger partial charge >= 0.3 is 11.5 Å². The van der Waals surface area contributed by atoms with Crippen LogP contribution in [0.1, 0.15) is 21.7 Å². The number of alkyl halides is 3. The fraction of sp³-hybridized carbons (Fsp3) is 0.556. The van der Waals surface area contributed by atoms with Gasteiger partial charge in [-0.2, -0.15) is 18.3 Å². The summed E-state index contributed by atoms with van der Waals surface area (Å²) in [6.45, 7) is 3.08. The van der Waals surface area contributed by atoms with E-state index in [1.807, 2.05) is 0 Å². The fourth-order valence-electron chi connectivity index (χ4n) is 1.47. The summed E-state index contributed by atoms with van der Waals surface area (Å²) in [6.07, 6.45) is 0. The molecular formula is C9H11F3N2O2S. The van der Waals surface area contributed by atoms with E-state index in [-0.39, 0.29) is 29.6 Å². The third-order valence-corrected chi connectivity index (χ3v) is 2.88. The first kappa shape index (κ1) is 13.9. The zero-order valence-electron chi connectivity index (χ0n) is 9.21. The number of aryl methyl sites for hydroxylation is 2. The van der Waals surface area contributed by atoms with E-state index in [9.17, 15) is 18.0 Å². The number of hydrogen-bond acceptors (Lipinski definition) is 3. The molecular weight excluding hydrogens is 257 g/mol. The lowest BCUT2D eigenvalue weighted by atomic mass is 10.2. The van der Waals surface area contributed by atoms with Gasteiger partial charge in [0.2, 0.25) is 0 Å². The zero-order valence-corrected chi connectivity index (χ0v) is 10.0. The van der Waals surface area contributed by atoms with Gasteiger partial charge in [-0.15, -0.1) is 0 Å². The molecule has 0 bridgehead atoms. The van der Waals surface area contributed by atoms with Crippen LogP contribution in [0.3, 0.4) is 0 Å². The van der Waals surface area contributed by atoms with Gasteiger partial charge in [-0.05, 0) is 25.6 Å². The summed E-state index contributed by atoms with van der Waals surface area (Å²) in [7, 11) is 0. The Morgan fingerprint density at radius 2 is 2.06 bits per heavy atom. The third kappa shape index (κ3) is 3.65. The Kier molecular flexibility index (Phi) is 4.07. The summed E-state index contributed by atoms with van der Waals surface area (Å²) in [5.41, 5.74) is -3.53. The molecule has 1 aromatic rings. The third-order valence-electron chi connectivity index (χ3n) is 2.16. The number of thioether (sulfide) groups is 1. The molecule has 0 fully saturated rings. The van der Waals surface area contributed by atoms with E-state index in [4.69, 9.17) is 5.11 Å². The predicted molar refractivity (Wildman–Crippen MR) is 57.2 cm³/mol. The molecule has 0 atom stereocenters. The molecule has 17 heavy (non-hydrogen) atoms. The quantitative estimate of drug-likeness (QED) is 0.911. The van der Waals surface area contributed by atoms with Gasteiger partial charge in [0.15, 0.2) is 0 Å². The highest BCUT2D eigenvalue weighted by molar-refractivity contribution is 8.00. The number of hydrogen-bond donors (Lipinski definition) is 1. The Hall–Kier alpha value is -1.18. The molecule has 0 aromatic carbocycles. The number of carboxylic acid groups (broad SMARTS) is 1. The first-order chi connectivity index (χ1) is 7.72. The number of aromatic nitrogens is 2. The smallest absolute Gasteiger partial charge is 0.441 e. The van der Waals surface area contributed by atoms with Gasteiger partial charge in [0.25, 0.3) is 0 Å². The van der Waals surface area contributed by atoms with Gasteiger partial charge in [0.1, 0.15) is 5.56 Å². The summed E-state index contributed by atoms with van der Waals surface area (Å²) in [4.78, 5) is 10.9. The molecule has 0 amide bonds. The number of aromatic carboxylic acids is 1. The number of rotatable bonds is 4. The van der Waals surface area contributed by atoms with Gasteiger partial charge in [0, 0.05) is 5.75 Å². The molecule has 0 saturated heterocycles. The minimum Gasteiger partial charge on any atom is -0.478 e. The van der Waals surface area contributed by atoms with Crippen molar-refractivity contribution >= 4 is 17.7 Å². The van der Waals surface area contributed by atoms with Gasteiger partial charge in [0.05, 0.1) is 17.9 Å². The summed E-state index contributed by atoms with van der Waals surface area (Å²) in [5, 5.41) is 12.8. The molecule has 0 aliphatic heterocycles. The van der Waals surface area contributed by atoms with E-state index in [1.54, 1.807) is 0 Å². The summed E-state index contributed by atoms with van der Waals surface area (Å²) in [6, 6.07) is 0. The molecule has 8 heteroatoms. The lowest BCUT2D eigenvalue weighted by molar-refractivity contribution is -0.0328. The predicted octanol–water partition coefficient (Wildman–Crippen LogP) is 2.45. The van der Waals surface area contributed by atoms with Gasteiger partial charge in [-0.1, -0.05) is 0 Å². The Bertz CT molecular complexity index is 429. The molecule has 1 rings (SSSR count). The number of nitrogens with zero attached hydrogens (tertiary/aromatic N) is 2. The average molecular weight is 268 g/mol. The second kappa shape index (κ2) is 4.99. The van der Waals surface area contributed by atoms with Crippen molar-refractivity contribution in [3.05, 3.63) is 17.0 Å². The molecule has 0 radical (unpaired) electrons. The molecule has 0 unspecified atom stereocenters. The van der Waals surface area contributed by atoms with Crippen LogP contribution in [-0.2, 0) is 6.54 Å². The van der Waals surface area contributed by atoms with Crippen LogP contribution in [0.5, 0.6) is 0 Å². The monoisotopic (exact) mass is 268 g/mol. The van der Waals surface area contributed by atoms with Crippen molar-refractivity contribution in [3.63, 3.8) is 0 Å². The van der Waals surface area contributed by atoms with Crippen LogP contribution in [-0.4, -0.2) is 32.1 Å². The van der Waals surface area contributed by atoms with E-state index in [0.717, 1.165) is 0 Å². The first-order valence-corrected chi connectivity index (χ1v) is 5.69. The molecule has 0 aliphatic rings. The van der Waals surface area contributed by atoms with Crippen LogP contribution < -0.4 is 0 Å². The first-order valence-electron chi connectivity index (χ1n) is 4.70. The van der Waals surface area contributed by atoms with Crippen LogP contribution >= 0.6 is 11.8 Å². The maximum absolute atomic E-state index is 11.9. The van der Waals surface area contributed by atoms with E-state index in [1.165, 1.54) is 18.5 Å². The largest absolute Gasteiger partial charge is 0.478 e. The summed E-state index contributed by atoms with van der Waals surface area (Å²) < 4.78 is 37.0. The molecule has 1 heterocycles. The van der Waals surface area contributed by atoms with E-state index >= 15 is 0 Å². The van der Waals surface area contributed by atoms with Gasteiger partial charge in [-0.3, -0.25) is 4.68 Å². The van der Waals surface area contributed by atoms with Crippen molar-refractivity contribution in [1.82, 2.24) is 9.78 Å². The topological polar surface area (TPSA) is 55.1 Å². The fourth-order valence-corrected chi connectivity index (χ4v) is 1.97. The molecule has 0 aliphatic carbocycles. The van der Waals surface area contributed by atoms with Crippen LogP contribution in [0.15, 0.2) is 0 Å². The van der Waals surface area contributed by atoms with E-state index in [0.29, 0.717) is 11.4 Å². The Balaban J connectivity index is 2.74. The lowest BCUT2D eigenvalue weighted by Gasteiger charge is -2.06. The van der Waals surface area contributed by atoms with Crippen LogP contribution in [0.2, 0.25) is 0 Å². The van der Waals surface area contributed by atoms with Crippen LogP contribution in [0.4, 0.5) is 13.2 Å². The molecule has 4 nitrogen and oxygen atoms in total. The van der Waals surface area contributed by atoms with Crippen molar-refractivity contribution in [3.8, 4) is 0 Å². The van der Waals surface area contributed by atoms with Crippen molar-refractivity contribution < 1.29 is 23.1 Å². The van der Waals surface area contributed by atoms with Crippen molar-refractivity contribution in [2.24, 2.45) is 0 Å². The van der Waals surface area contributed by atoms with Crippen molar-refractivity contribution in [2.45, 2.75) is 25.9 Å². The minimum atomic E-state index is -4.27. The number of carboxylic acids is 1. The SMILES string of the molecule is Cc1nn(CCSC(F)(F)F)c(C)c1C(=O)O. The maximum Gasteiger partial charge on any atom is 0.441 e. The minimum absolute atomic E-state index is 0.0319. The van der Waals surface area contributed by atoms with Gasteiger partial charge in [-0.25, -0.2) is 4.79 Å². The van der Waals surface area contributed by atoms with Crippen LogP contribution in [0.25, 0.3) is 0 Å². The van der Waals surface area contributed by atoms with Crippen molar-refractivity contribution in [1.29, 1.82) is 0 Å². The van der Waals surface area contributed by atoms with Crippen LogP contribution in [0, 0.1) is 13.8 Å². The molecule has 1 aromatic heterocycles. The highest BCUT2D eigenvalue weighted by Gasteiger charge is 2.28. The van der Waals surface area contributed by atoms with Gasteiger partial charge < -0.3 is 5.11 Å². The highest BCUT2D eigenvalue weighted by Crippen LogP contribution is 2.30.